The number of thioether (sulfide) groups is 1. The SMILES string of the molecule is C=CCCC(=O)NC(C)c1nnc(SCC2CCCCC2)n1-c1cccc(Cl)c1. The number of hydrogen-bond acceptors (Lipinski definition) is 4. The molecule has 0 bridgehead atoms. The van der Waals surface area contributed by atoms with Gasteiger partial charge < -0.3 is 5.32 Å². The molecule has 7 heteroatoms. The van der Waals surface area contributed by atoms with Crippen molar-refractivity contribution < 1.29 is 4.79 Å². The Labute approximate surface area is 182 Å². The molecule has 1 saturated carbocycles. The molecule has 3 rings (SSSR count). The molecule has 1 N–H and O–H groups in total. The average molecular weight is 433 g/mol. The first-order valence-corrected chi connectivity index (χ1v) is 11.7. The van der Waals surface area contributed by atoms with Crippen molar-refractivity contribution >= 4 is 29.3 Å². The summed E-state index contributed by atoms with van der Waals surface area (Å²) in [4.78, 5) is 12.2. The van der Waals surface area contributed by atoms with E-state index in [4.69, 9.17) is 11.6 Å². The Bertz CT molecular complexity index is 832. The van der Waals surface area contributed by atoms with Gasteiger partial charge >= 0.3 is 0 Å². The maximum atomic E-state index is 12.2. The Kier molecular flexibility index (Phi) is 8.19. The van der Waals surface area contributed by atoms with Gasteiger partial charge in [-0.3, -0.25) is 9.36 Å². The molecule has 1 atom stereocenters. The summed E-state index contributed by atoms with van der Waals surface area (Å²) < 4.78 is 2.03. The van der Waals surface area contributed by atoms with Gasteiger partial charge in [0.1, 0.15) is 0 Å². The lowest BCUT2D eigenvalue weighted by Crippen LogP contribution is -2.28. The van der Waals surface area contributed by atoms with Crippen molar-refractivity contribution in [2.24, 2.45) is 5.92 Å². The predicted molar refractivity (Wildman–Crippen MR) is 120 cm³/mol. The van der Waals surface area contributed by atoms with Gasteiger partial charge in [0.2, 0.25) is 5.91 Å². The van der Waals surface area contributed by atoms with Crippen molar-refractivity contribution in [1.29, 1.82) is 0 Å². The normalized spacial score (nSPS) is 15.8. The number of nitrogens with zero attached hydrogens (tertiary/aromatic N) is 3. The van der Waals surface area contributed by atoms with E-state index in [-0.39, 0.29) is 11.9 Å². The number of carbonyl (C=O) groups is 1. The molecule has 1 aliphatic rings. The van der Waals surface area contributed by atoms with Crippen LogP contribution in [0, 0.1) is 5.92 Å². The third-order valence-corrected chi connectivity index (χ3v) is 6.63. The molecule has 0 saturated heterocycles. The molecule has 0 radical (unpaired) electrons. The summed E-state index contributed by atoms with van der Waals surface area (Å²) in [5.41, 5.74) is 0.913. The molecule has 1 fully saturated rings. The third-order valence-electron chi connectivity index (χ3n) is 5.24. The Morgan fingerprint density at radius 1 is 1.38 bits per heavy atom. The minimum absolute atomic E-state index is 0.0190. The van der Waals surface area contributed by atoms with E-state index in [2.05, 4.69) is 22.1 Å². The highest BCUT2D eigenvalue weighted by molar-refractivity contribution is 7.99. The van der Waals surface area contributed by atoms with Crippen molar-refractivity contribution in [3.63, 3.8) is 0 Å². The van der Waals surface area contributed by atoms with E-state index in [1.54, 1.807) is 17.8 Å². The predicted octanol–water partition coefficient (Wildman–Crippen LogP) is 5.74. The van der Waals surface area contributed by atoms with Gasteiger partial charge in [-0.1, -0.05) is 54.8 Å². The fourth-order valence-electron chi connectivity index (χ4n) is 3.67. The largest absolute Gasteiger partial charge is 0.346 e. The van der Waals surface area contributed by atoms with Gasteiger partial charge in [0, 0.05) is 17.2 Å². The Morgan fingerprint density at radius 2 is 2.17 bits per heavy atom. The third kappa shape index (κ3) is 6.09. The number of rotatable bonds is 9. The van der Waals surface area contributed by atoms with Crippen LogP contribution in [0.4, 0.5) is 0 Å². The molecular weight excluding hydrogens is 404 g/mol. The van der Waals surface area contributed by atoms with Crippen LogP contribution in [-0.2, 0) is 4.79 Å². The molecule has 29 heavy (non-hydrogen) atoms. The monoisotopic (exact) mass is 432 g/mol. The second kappa shape index (κ2) is 10.8. The van der Waals surface area contributed by atoms with E-state index in [1.165, 1.54) is 32.1 Å². The fourth-order valence-corrected chi connectivity index (χ4v) is 5.00. The van der Waals surface area contributed by atoms with Crippen LogP contribution in [0.15, 0.2) is 42.1 Å². The molecule has 1 amide bonds. The first-order chi connectivity index (χ1) is 14.1. The van der Waals surface area contributed by atoms with Gasteiger partial charge in [0.15, 0.2) is 11.0 Å². The molecule has 0 aliphatic heterocycles. The lowest BCUT2D eigenvalue weighted by molar-refractivity contribution is -0.121. The highest BCUT2D eigenvalue weighted by Crippen LogP contribution is 2.32. The van der Waals surface area contributed by atoms with Crippen LogP contribution in [0.5, 0.6) is 0 Å². The van der Waals surface area contributed by atoms with E-state index >= 15 is 0 Å². The van der Waals surface area contributed by atoms with Gasteiger partial charge in [-0.15, -0.1) is 16.8 Å². The molecule has 0 spiro atoms. The van der Waals surface area contributed by atoms with E-state index < -0.39 is 0 Å². The quantitative estimate of drug-likeness (QED) is 0.405. The summed E-state index contributed by atoms with van der Waals surface area (Å²) in [6.45, 7) is 5.61. The van der Waals surface area contributed by atoms with Crippen LogP contribution >= 0.6 is 23.4 Å². The van der Waals surface area contributed by atoms with Crippen LogP contribution in [0.3, 0.4) is 0 Å². The van der Waals surface area contributed by atoms with Crippen LogP contribution < -0.4 is 5.32 Å². The summed E-state index contributed by atoms with van der Waals surface area (Å²) in [6, 6.07) is 7.42. The number of nitrogens with one attached hydrogen (secondary N) is 1. The minimum Gasteiger partial charge on any atom is -0.346 e. The van der Waals surface area contributed by atoms with E-state index in [0.29, 0.717) is 23.7 Å². The number of aromatic nitrogens is 3. The Morgan fingerprint density at radius 3 is 2.90 bits per heavy atom. The summed E-state index contributed by atoms with van der Waals surface area (Å²) in [5.74, 6) is 2.47. The van der Waals surface area contributed by atoms with Gasteiger partial charge in [0.05, 0.1) is 11.7 Å². The van der Waals surface area contributed by atoms with Crippen LogP contribution in [-0.4, -0.2) is 26.4 Å². The highest BCUT2D eigenvalue weighted by atomic mass is 35.5. The van der Waals surface area contributed by atoms with Crippen molar-refractivity contribution in [1.82, 2.24) is 20.1 Å². The standard InChI is InChI=1S/C22H29ClN4OS/c1-3-4-13-20(28)24-16(2)21-25-26-22(29-15-17-9-6-5-7-10-17)27(21)19-12-8-11-18(23)14-19/h3,8,11-12,14,16-17H,1,4-7,9-10,13,15H2,2H3,(H,24,28). The topological polar surface area (TPSA) is 59.8 Å². The Hall–Kier alpha value is -1.79. The number of allylic oxidation sites excluding steroid dienone is 1. The van der Waals surface area contributed by atoms with Gasteiger partial charge in [-0.25, -0.2) is 0 Å². The van der Waals surface area contributed by atoms with Gasteiger partial charge in [-0.2, -0.15) is 0 Å². The second-order valence-electron chi connectivity index (χ2n) is 7.59. The van der Waals surface area contributed by atoms with Crippen molar-refractivity contribution in [2.75, 3.05) is 5.75 Å². The van der Waals surface area contributed by atoms with Gasteiger partial charge in [-0.05, 0) is 50.3 Å². The fraction of sp³-hybridized carbons (Fsp3) is 0.500. The molecular formula is C22H29ClN4OS. The van der Waals surface area contributed by atoms with E-state index in [9.17, 15) is 4.79 Å². The number of benzene rings is 1. The van der Waals surface area contributed by atoms with Crippen LogP contribution in [0.25, 0.3) is 5.69 Å². The molecule has 1 aromatic carbocycles. The lowest BCUT2D eigenvalue weighted by atomic mass is 9.91. The zero-order valence-electron chi connectivity index (χ0n) is 16.9. The molecule has 1 heterocycles. The smallest absolute Gasteiger partial charge is 0.220 e. The van der Waals surface area contributed by atoms with Crippen molar-refractivity contribution in [3.8, 4) is 5.69 Å². The number of halogens is 1. The maximum Gasteiger partial charge on any atom is 0.220 e. The van der Waals surface area contributed by atoms with Crippen molar-refractivity contribution in [3.05, 3.63) is 47.8 Å². The van der Waals surface area contributed by atoms with E-state index in [0.717, 1.165) is 22.5 Å². The molecule has 5 nitrogen and oxygen atoms in total. The molecule has 1 aromatic heterocycles. The number of hydrogen-bond donors (Lipinski definition) is 1. The maximum absolute atomic E-state index is 12.2. The zero-order chi connectivity index (χ0) is 20.6. The highest BCUT2D eigenvalue weighted by Gasteiger charge is 2.22. The second-order valence-corrected chi connectivity index (χ2v) is 9.01. The average Bonchev–Trinajstić information content (AvgIpc) is 3.15. The molecule has 2 aromatic rings. The molecule has 1 unspecified atom stereocenters. The lowest BCUT2D eigenvalue weighted by Gasteiger charge is -2.21. The summed E-state index contributed by atoms with van der Waals surface area (Å²) >= 11 is 7.99. The summed E-state index contributed by atoms with van der Waals surface area (Å²) in [5, 5.41) is 13.4. The van der Waals surface area contributed by atoms with Crippen LogP contribution in [0.1, 0.15) is 63.7 Å². The van der Waals surface area contributed by atoms with Crippen LogP contribution in [0.2, 0.25) is 5.02 Å². The van der Waals surface area contributed by atoms with Gasteiger partial charge in [0.25, 0.3) is 0 Å². The summed E-state index contributed by atoms with van der Waals surface area (Å²) in [7, 11) is 0. The first kappa shape index (κ1) is 21.9. The molecule has 1 aliphatic carbocycles. The summed E-state index contributed by atoms with van der Waals surface area (Å²) in [6.07, 6.45) is 9.41. The first-order valence-electron chi connectivity index (χ1n) is 10.3. The zero-order valence-corrected chi connectivity index (χ0v) is 18.5. The van der Waals surface area contributed by atoms with E-state index in [1.807, 2.05) is 35.8 Å². The number of amides is 1. The Balaban J connectivity index is 1.82. The van der Waals surface area contributed by atoms with Crippen molar-refractivity contribution in [2.45, 2.75) is 63.1 Å². The number of carbonyl (C=O) groups excluding carboxylic acids is 1. The minimum atomic E-state index is -0.261. The molecule has 156 valence electrons.